The number of nitrogens with one attached hydrogen (secondary N) is 1. The highest BCUT2D eigenvalue weighted by Crippen LogP contribution is 2.27. The monoisotopic (exact) mass is 379 g/mol. The number of anilines is 1. The molecule has 0 saturated heterocycles. The van der Waals surface area contributed by atoms with E-state index in [9.17, 15) is 0 Å². The van der Waals surface area contributed by atoms with Crippen molar-refractivity contribution in [2.75, 3.05) is 5.32 Å². The molecule has 1 atom stereocenters. The molecule has 1 saturated carbocycles. The van der Waals surface area contributed by atoms with Crippen LogP contribution in [0.15, 0.2) is 36.5 Å². The van der Waals surface area contributed by atoms with Crippen molar-refractivity contribution in [1.29, 1.82) is 0 Å². The Morgan fingerprint density at radius 2 is 1.79 bits per heavy atom. The summed E-state index contributed by atoms with van der Waals surface area (Å²) in [5, 5.41) is 8.05. The Morgan fingerprint density at radius 3 is 2.50 bits per heavy atom. The van der Waals surface area contributed by atoms with Crippen LogP contribution in [0.5, 0.6) is 6.01 Å². The quantitative estimate of drug-likeness (QED) is 0.643. The van der Waals surface area contributed by atoms with Crippen molar-refractivity contribution in [3.63, 3.8) is 0 Å². The van der Waals surface area contributed by atoms with E-state index in [1.807, 2.05) is 24.4 Å². The number of ether oxygens (including phenoxy) is 1. The predicted octanol–water partition coefficient (Wildman–Crippen LogP) is 5.13. The van der Waals surface area contributed by atoms with Crippen LogP contribution in [0.1, 0.15) is 76.0 Å². The summed E-state index contributed by atoms with van der Waals surface area (Å²) in [6.45, 7) is 6.43. The average Bonchev–Trinajstić information content (AvgIpc) is 3.14. The van der Waals surface area contributed by atoms with Gasteiger partial charge in [0.05, 0.1) is 12.2 Å². The molecule has 1 N–H and O–H groups in total. The van der Waals surface area contributed by atoms with Crippen molar-refractivity contribution >= 4 is 11.6 Å². The number of fused-ring (bicyclic) bond motifs is 1. The number of hydrogen-bond donors (Lipinski definition) is 1. The maximum absolute atomic E-state index is 6.19. The first-order valence-electron chi connectivity index (χ1n) is 10.4. The Labute approximate surface area is 166 Å². The molecule has 4 rings (SSSR count). The number of rotatable bonds is 6. The third-order valence-electron chi connectivity index (χ3n) is 5.47. The molecule has 2 heterocycles. The van der Waals surface area contributed by atoms with Gasteiger partial charge in [-0.25, -0.2) is 0 Å². The van der Waals surface area contributed by atoms with Crippen LogP contribution in [0.4, 0.5) is 5.95 Å². The normalized spacial score (nSPS) is 16.4. The second-order valence-corrected chi connectivity index (χ2v) is 7.97. The Balaban J connectivity index is 1.68. The molecule has 2 aromatic heterocycles. The molecule has 0 bridgehead atoms. The van der Waals surface area contributed by atoms with Gasteiger partial charge in [0.25, 0.3) is 0 Å². The van der Waals surface area contributed by atoms with Gasteiger partial charge in [0.1, 0.15) is 6.10 Å². The third kappa shape index (κ3) is 3.96. The Morgan fingerprint density at radius 1 is 1.04 bits per heavy atom. The van der Waals surface area contributed by atoms with Gasteiger partial charge in [-0.15, -0.1) is 0 Å². The molecule has 3 aromatic rings. The highest BCUT2D eigenvalue weighted by molar-refractivity contribution is 5.53. The fraction of sp³-hybridized carbons (Fsp3) is 0.500. The number of aromatic nitrogens is 4. The average molecular weight is 380 g/mol. The van der Waals surface area contributed by atoms with Gasteiger partial charge < -0.3 is 10.1 Å². The second kappa shape index (κ2) is 8.17. The smallest absolute Gasteiger partial charge is 0.322 e. The summed E-state index contributed by atoms with van der Waals surface area (Å²) in [4.78, 5) is 9.41. The molecule has 1 fully saturated rings. The van der Waals surface area contributed by atoms with Crippen LogP contribution in [0.3, 0.4) is 0 Å². The summed E-state index contributed by atoms with van der Waals surface area (Å²) >= 11 is 0. The Hall–Kier alpha value is -2.63. The van der Waals surface area contributed by atoms with E-state index in [0.29, 0.717) is 17.9 Å². The van der Waals surface area contributed by atoms with Gasteiger partial charge in [0.2, 0.25) is 5.95 Å². The van der Waals surface area contributed by atoms with E-state index in [0.717, 1.165) is 24.1 Å². The van der Waals surface area contributed by atoms with Crippen molar-refractivity contribution < 1.29 is 4.74 Å². The van der Waals surface area contributed by atoms with Gasteiger partial charge in [-0.1, -0.05) is 50.6 Å². The molecule has 0 amide bonds. The van der Waals surface area contributed by atoms with Crippen LogP contribution in [0.25, 0.3) is 5.65 Å². The van der Waals surface area contributed by atoms with Crippen LogP contribution < -0.4 is 10.1 Å². The third-order valence-corrected chi connectivity index (χ3v) is 5.47. The highest BCUT2D eigenvalue weighted by Gasteiger charge is 2.21. The fourth-order valence-electron chi connectivity index (χ4n) is 3.78. The van der Waals surface area contributed by atoms with Gasteiger partial charge in [0, 0.05) is 5.56 Å². The molecule has 0 unspecified atom stereocenters. The van der Waals surface area contributed by atoms with Crippen LogP contribution >= 0.6 is 0 Å². The minimum absolute atomic E-state index is 0.0912. The van der Waals surface area contributed by atoms with Crippen molar-refractivity contribution in [3.05, 3.63) is 47.7 Å². The van der Waals surface area contributed by atoms with Gasteiger partial charge in [-0.2, -0.15) is 19.6 Å². The van der Waals surface area contributed by atoms with Gasteiger partial charge in [-0.05, 0) is 44.1 Å². The van der Waals surface area contributed by atoms with Crippen molar-refractivity contribution in [2.45, 2.75) is 70.9 Å². The molecule has 28 heavy (non-hydrogen) atoms. The summed E-state index contributed by atoms with van der Waals surface area (Å²) < 4.78 is 7.99. The first-order chi connectivity index (χ1) is 13.6. The lowest BCUT2D eigenvalue weighted by Gasteiger charge is -2.22. The largest absolute Gasteiger partial charge is 0.460 e. The lowest BCUT2D eigenvalue weighted by Crippen LogP contribution is -2.22. The molecule has 148 valence electrons. The number of hydrogen-bond acceptors (Lipinski definition) is 5. The highest BCUT2D eigenvalue weighted by atomic mass is 16.5. The van der Waals surface area contributed by atoms with E-state index in [1.54, 1.807) is 4.52 Å². The summed E-state index contributed by atoms with van der Waals surface area (Å²) in [5.41, 5.74) is 3.12. The molecular weight excluding hydrogens is 350 g/mol. The Kier molecular flexibility index (Phi) is 5.46. The number of nitrogens with zero attached hydrogens (tertiary/aromatic N) is 4. The van der Waals surface area contributed by atoms with Crippen LogP contribution in [-0.2, 0) is 0 Å². The van der Waals surface area contributed by atoms with Gasteiger partial charge >= 0.3 is 6.01 Å². The SMILES string of the molecule is CC(C)c1cnn2c(N[C@@H](C)c3ccccc3)nc(OC3CCCCC3)nc12. The van der Waals surface area contributed by atoms with Crippen molar-refractivity contribution in [2.24, 2.45) is 0 Å². The van der Waals surface area contributed by atoms with Crippen molar-refractivity contribution in [1.82, 2.24) is 19.6 Å². The molecule has 0 aliphatic heterocycles. The van der Waals surface area contributed by atoms with E-state index >= 15 is 0 Å². The van der Waals surface area contributed by atoms with E-state index in [4.69, 9.17) is 9.72 Å². The molecule has 1 aliphatic carbocycles. The van der Waals surface area contributed by atoms with Crippen LogP contribution in [-0.4, -0.2) is 25.7 Å². The molecule has 0 radical (unpaired) electrons. The second-order valence-electron chi connectivity index (χ2n) is 7.97. The zero-order valence-electron chi connectivity index (χ0n) is 16.9. The first-order valence-corrected chi connectivity index (χ1v) is 10.4. The van der Waals surface area contributed by atoms with E-state index in [-0.39, 0.29) is 12.1 Å². The van der Waals surface area contributed by atoms with Crippen LogP contribution in [0.2, 0.25) is 0 Å². The first kappa shape index (κ1) is 18.7. The standard InChI is InChI=1S/C22H29N5O/c1-15(2)19-14-23-27-20(19)25-22(28-18-12-8-5-9-13-18)26-21(27)24-16(3)17-10-6-4-7-11-17/h4,6-7,10-11,14-16,18H,5,8-9,12-13H2,1-3H3,(H,24,25,26)/t16-/m0/s1. The summed E-state index contributed by atoms with van der Waals surface area (Å²) in [6.07, 6.45) is 7.97. The van der Waals surface area contributed by atoms with E-state index < -0.39 is 0 Å². The molecular formula is C22H29N5O. The lowest BCUT2D eigenvalue weighted by molar-refractivity contribution is 0.142. The Bertz CT molecular complexity index is 915. The zero-order chi connectivity index (χ0) is 19.5. The van der Waals surface area contributed by atoms with Gasteiger partial charge in [0.15, 0.2) is 5.65 Å². The summed E-state index contributed by atoms with van der Waals surface area (Å²) in [7, 11) is 0. The molecule has 1 aromatic carbocycles. The molecule has 6 nitrogen and oxygen atoms in total. The van der Waals surface area contributed by atoms with E-state index in [1.165, 1.54) is 24.8 Å². The fourth-order valence-corrected chi connectivity index (χ4v) is 3.78. The van der Waals surface area contributed by atoms with E-state index in [2.05, 4.69) is 48.3 Å². The maximum Gasteiger partial charge on any atom is 0.322 e. The number of benzene rings is 1. The summed E-state index contributed by atoms with van der Waals surface area (Å²) in [5.74, 6) is 0.994. The zero-order valence-corrected chi connectivity index (χ0v) is 16.9. The minimum Gasteiger partial charge on any atom is -0.460 e. The van der Waals surface area contributed by atoms with Crippen molar-refractivity contribution in [3.8, 4) is 6.01 Å². The molecule has 6 heteroatoms. The lowest BCUT2D eigenvalue weighted by atomic mass is 9.98. The maximum atomic E-state index is 6.19. The topological polar surface area (TPSA) is 64.3 Å². The van der Waals surface area contributed by atoms with Gasteiger partial charge in [-0.3, -0.25) is 0 Å². The molecule has 1 aliphatic rings. The molecule has 0 spiro atoms. The minimum atomic E-state index is 0.0912. The van der Waals surface area contributed by atoms with Crippen LogP contribution in [0, 0.1) is 0 Å². The summed E-state index contributed by atoms with van der Waals surface area (Å²) in [6, 6.07) is 10.9. The predicted molar refractivity (Wildman–Crippen MR) is 111 cm³/mol.